The van der Waals surface area contributed by atoms with Gasteiger partial charge in [0.1, 0.15) is 0 Å². The Kier molecular flexibility index (Phi) is 3.66. The predicted octanol–water partition coefficient (Wildman–Crippen LogP) is 3.63. The molecule has 2 aromatic rings. The van der Waals surface area contributed by atoms with E-state index in [2.05, 4.69) is 29.2 Å². The average Bonchev–Trinajstić information content (AvgIpc) is 2.81. The molecule has 86 valence electrons. The van der Waals surface area contributed by atoms with Gasteiger partial charge in [0.25, 0.3) is 0 Å². The summed E-state index contributed by atoms with van der Waals surface area (Å²) >= 11 is 9.64. The highest BCUT2D eigenvalue weighted by Crippen LogP contribution is 2.37. The molecule has 0 bridgehead atoms. The van der Waals surface area contributed by atoms with Crippen LogP contribution in [0.5, 0.6) is 0 Å². The molecule has 16 heavy (non-hydrogen) atoms. The van der Waals surface area contributed by atoms with Crippen LogP contribution in [0.15, 0.2) is 16.8 Å². The van der Waals surface area contributed by atoms with Gasteiger partial charge < -0.3 is 0 Å². The van der Waals surface area contributed by atoms with E-state index in [0.717, 1.165) is 15.5 Å². The van der Waals surface area contributed by atoms with E-state index >= 15 is 0 Å². The van der Waals surface area contributed by atoms with Crippen molar-refractivity contribution in [3.05, 3.63) is 42.7 Å². The van der Waals surface area contributed by atoms with Crippen molar-refractivity contribution < 1.29 is 0 Å². The van der Waals surface area contributed by atoms with Gasteiger partial charge in [0.05, 0.1) is 11.1 Å². The molecule has 1 unspecified atom stereocenters. The van der Waals surface area contributed by atoms with Gasteiger partial charge in [0.2, 0.25) is 0 Å². The number of thiophene rings is 2. The Bertz CT molecular complexity index is 490. The second-order valence-corrected chi connectivity index (χ2v) is 6.04. The van der Waals surface area contributed by atoms with Crippen molar-refractivity contribution in [1.82, 2.24) is 5.43 Å². The fraction of sp³-hybridized carbons (Fsp3) is 0.273. The summed E-state index contributed by atoms with van der Waals surface area (Å²) in [5.74, 6) is 5.65. The molecule has 2 aromatic heterocycles. The Balaban J connectivity index is 2.45. The molecule has 0 amide bonds. The molecular weight excluding hydrogens is 260 g/mol. The standard InChI is InChI=1S/C11H13ClN2S2/c1-6-5-16-11(9(6)12)10(14-13)8-3-4-15-7(8)2/h3-5,10,14H,13H2,1-2H3. The first kappa shape index (κ1) is 12.1. The van der Waals surface area contributed by atoms with Crippen LogP contribution in [0.2, 0.25) is 5.02 Å². The number of nitrogens with one attached hydrogen (secondary N) is 1. The van der Waals surface area contributed by atoms with Gasteiger partial charge in [-0.2, -0.15) is 0 Å². The van der Waals surface area contributed by atoms with Crippen LogP contribution >= 0.6 is 34.3 Å². The Morgan fingerprint density at radius 2 is 2.12 bits per heavy atom. The smallest absolute Gasteiger partial charge is 0.0828 e. The fourth-order valence-electron chi connectivity index (χ4n) is 1.65. The molecule has 0 aliphatic heterocycles. The van der Waals surface area contributed by atoms with Gasteiger partial charge in [-0.05, 0) is 41.8 Å². The molecule has 3 N–H and O–H groups in total. The Labute approximate surface area is 108 Å². The minimum atomic E-state index is -0.00236. The maximum atomic E-state index is 6.27. The van der Waals surface area contributed by atoms with Gasteiger partial charge >= 0.3 is 0 Å². The van der Waals surface area contributed by atoms with E-state index < -0.39 is 0 Å². The lowest BCUT2D eigenvalue weighted by atomic mass is 10.1. The zero-order valence-electron chi connectivity index (χ0n) is 9.08. The largest absolute Gasteiger partial charge is 0.271 e. The van der Waals surface area contributed by atoms with Crippen LogP contribution in [0.25, 0.3) is 0 Å². The van der Waals surface area contributed by atoms with Gasteiger partial charge in [-0.3, -0.25) is 5.84 Å². The zero-order chi connectivity index (χ0) is 11.7. The van der Waals surface area contributed by atoms with Gasteiger partial charge in [-0.1, -0.05) is 11.6 Å². The molecule has 2 nitrogen and oxygen atoms in total. The van der Waals surface area contributed by atoms with Gasteiger partial charge in [0, 0.05) is 9.75 Å². The second kappa shape index (κ2) is 4.85. The maximum Gasteiger partial charge on any atom is 0.0828 e. The number of rotatable bonds is 3. The minimum absolute atomic E-state index is 0.00236. The SMILES string of the molecule is Cc1csc(C(NN)c2ccsc2C)c1Cl. The van der Waals surface area contributed by atoms with Crippen LogP contribution in [0.4, 0.5) is 0 Å². The van der Waals surface area contributed by atoms with Crippen molar-refractivity contribution >= 4 is 34.3 Å². The number of aryl methyl sites for hydroxylation is 2. The molecule has 0 saturated carbocycles. The van der Waals surface area contributed by atoms with E-state index in [1.54, 1.807) is 22.7 Å². The summed E-state index contributed by atoms with van der Waals surface area (Å²) in [6.45, 7) is 4.11. The van der Waals surface area contributed by atoms with Crippen molar-refractivity contribution in [3.8, 4) is 0 Å². The highest BCUT2D eigenvalue weighted by Gasteiger charge is 2.20. The first-order valence-corrected chi connectivity index (χ1v) is 7.02. The van der Waals surface area contributed by atoms with Gasteiger partial charge in [-0.25, -0.2) is 5.43 Å². The van der Waals surface area contributed by atoms with Gasteiger partial charge in [0.15, 0.2) is 0 Å². The van der Waals surface area contributed by atoms with Crippen LogP contribution in [0, 0.1) is 13.8 Å². The van der Waals surface area contributed by atoms with Crippen molar-refractivity contribution in [1.29, 1.82) is 0 Å². The fourth-order valence-corrected chi connectivity index (χ4v) is 3.77. The number of halogens is 1. The van der Waals surface area contributed by atoms with E-state index in [-0.39, 0.29) is 6.04 Å². The zero-order valence-corrected chi connectivity index (χ0v) is 11.5. The highest BCUT2D eigenvalue weighted by atomic mass is 35.5. The van der Waals surface area contributed by atoms with E-state index in [1.807, 2.05) is 6.92 Å². The normalized spacial score (nSPS) is 13.0. The molecule has 0 fully saturated rings. The highest BCUT2D eigenvalue weighted by molar-refractivity contribution is 7.11. The summed E-state index contributed by atoms with van der Waals surface area (Å²) in [7, 11) is 0. The Hall–Kier alpha value is -0.390. The molecule has 1 atom stereocenters. The summed E-state index contributed by atoms with van der Waals surface area (Å²) in [4.78, 5) is 2.35. The molecule has 5 heteroatoms. The predicted molar refractivity (Wildman–Crippen MR) is 72.3 cm³/mol. The summed E-state index contributed by atoms with van der Waals surface area (Å²) in [5.41, 5.74) is 5.16. The monoisotopic (exact) mass is 272 g/mol. The molecule has 0 saturated heterocycles. The van der Waals surface area contributed by atoms with Crippen LogP contribution < -0.4 is 11.3 Å². The van der Waals surface area contributed by atoms with Crippen LogP contribution in [-0.4, -0.2) is 0 Å². The van der Waals surface area contributed by atoms with Crippen LogP contribution in [0.1, 0.15) is 26.9 Å². The first-order valence-electron chi connectivity index (χ1n) is 4.88. The third-order valence-corrected chi connectivity index (χ3v) is 5.20. The molecular formula is C11H13ClN2S2. The lowest BCUT2D eigenvalue weighted by Gasteiger charge is -2.15. The maximum absolute atomic E-state index is 6.27. The summed E-state index contributed by atoms with van der Waals surface area (Å²) < 4.78 is 0. The Morgan fingerprint density at radius 1 is 1.38 bits per heavy atom. The number of hydrazine groups is 1. The first-order chi connectivity index (χ1) is 7.65. The number of hydrogen-bond acceptors (Lipinski definition) is 4. The minimum Gasteiger partial charge on any atom is -0.271 e. The molecule has 0 aliphatic rings. The quantitative estimate of drug-likeness (QED) is 0.661. The lowest BCUT2D eigenvalue weighted by molar-refractivity contribution is 0.646. The van der Waals surface area contributed by atoms with E-state index in [9.17, 15) is 0 Å². The third-order valence-electron chi connectivity index (χ3n) is 2.56. The van der Waals surface area contributed by atoms with Crippen LogP contribution in [0.3, 0.4) is 0 Å². The van der Waals surface area contributed by atoms with Crippen molar-refractivity contribution in [2.75, 3.05) is 0 Å². The van der Waals surface area contributed by atoms with Crippen molar-refractivity contribution in [2.45, 2.75) is 19.9 Å². The summed E-state index contributed by atoms with van der Waals surface area (Å²) in [5, 5.41) is 4.95. The topological polar surface area (TPSA) is 38.0 Å². The summed E-state index contributed by atoms with van der Waals surface area (Å²) in [6.07, 6.45) is 0. The molecule has 0 aliphatic carbocycles. The average molecular weight is 273 g/mol. The number of hydrogen-bond donors (Lipinski definition) is 2. The van der Waals surface area contributed by atoms with Gasteiger partial charge in [-0.15, -0.1) is 22.7 Å². The molecule has 2 rings (SSSR count). The van der Waals surface area contributed by atoms with E-state index in [1.165, 1.54) is 10.4 Å². The third kappa shape index (κ3) is 2.04. The van der Waals surface area contributed by atoms with E-state index in [0.29, 0.717) is 0 Å². The van der Waals surface area contributed by atoms with Crippen LogP contribution in [-0.2, 0) is 0 Å². The molecule has 0 radical (unpaired) electrons. The Morgan fingerprint density at radius 3 is 2.56 bits per heavy atom. The molecule has 0 spiro atoms. The van der Waals surface area contributed by atoms with E-state index in [4.69, 9.17) is 17.4 Å². The lowest BCUT2D eigenvalue weighted by Crippen LogP contribution is -2.28. The van der Waals surface area contributed by atoms with Crippen molar-refractivity contribution in [2.24, 2.45) is 5.84 Å². The molecule has 2 heterocycles. The number of nitrogens with two attached hydrogens (primary N) is 1. The second-order valence-electron chi connectivity index (χ2n) is 3.63. The summed E-state index contributed by atoms with van der Waals surface area (Å²) in [6, 6.07) is 2.09. The molecule has 0 aromatic carbocycles. The van der Waals surface area contributed by atoms with Crippen molar-refractivity contribution in [3.63, 3.8) is 0 Å².